The van der Waals surface area contributed by atoms with Crippen molar-refractivity contribution in [2.75, 3.05) is 5.32 Å². The van der Waals surface area contributed by atoms with Gasteiger partial charge in [0.1, 0.15) is 11.4 Å². The molecule has 7 heteroatoms. The van der Waals surface area contributed by atoms with Crippen molar-refractivity contribution in [1.29, 1.82) is 0 Å². The van der Waals surface area contributed by atoms with Crippen LogP contribution in [0.4, 0.5) is 28.4 Å². The summed E-state index contributed by atoms with van der Waals surface area (Å²) in [5.41, 5.74) is 3.28. The van der Waals surface area contributed by atoms with E-state index in [1.165, 1.54) is 6.07 Å². The monoisotopic (exact) mass is 348 g/mol. The third-order valence-electron chi connectivity index (χ3n) is 3.70. The Morgan fingerprint density at radius 1 is 1.00 bits per heavy atom. The lowest BCUT2D eigenvalue weighted by atomic mass is 10.2. The van der Waals surface area contributed by atoms with Gasteiger partial charge in [-0.3, -0.25) is 10.1 Å². The van der Waals surface area contributed by atoms with Crippen molar-refractivity contribution in [3.63, 3.8) is 0 Å². The van der Waals surface area contributed by atoms with E-state index < -0.39 is 4.92 Å². The van der Waals surface area contributed by atoms with Gasteiger partial charge in [0.05, 0.1) is 16.3 Å². The Morgan fingerprint density at radius 2 is 1.73 bits per heavy atom. The van der Waals surface area contributed by atoms with E-state index in [1.807, 2.05) is 6.92 Å². The van der Waals surface area contributed by atoms with Crippen LogP contribution in [0.1, 0.15) is 5.56 Å². The quantitative estimate of drug-likeness (QED) is 0.347. The third-order valence-corrected chi connectivity index (χ3v) is 3.70. The van der Waals surface area contributed by atoms with Gasteiger partial charge in [0, 0.05) is 11.8 Å². The second-order valence-electron chi connectivity index (χ2n) is 5.62. The lowest BCUT2D eigenvalue weighted by Crippen LogP contribution is -1.96. The molecule has 3 rings (SSSR count). The molecule has 0 spiro atoms. The first kappa shape index (κ1) is 17.1. The predicted molar refractivity (Wildman–Crippen MR) is 99.8 cm³/mol. The highest BCUT2D eigenvalue weighted by Gasteiger charge is 2.12. The standard InChI is InChI=1S/C19H16N4O3/c1-13-12-16(24)10-11-17(13)22-21-15-8-6-14(7-9-15)20-18-4-2-3-5-19(18)23(25)26/h2-12,20,24H,1H3. The maximum atomic E-state index is 11.1. The zero-order valence-corrected chi connectivity index (χ0v) is 14.0. The zero-order chi connectivity index (χ0) is 18.5. The molecule has 0 heterocycles. The molecule has 7 nitrogen and oxygen atoms in total. The number of benzene rings is 3. The fourth-order valence-corrected chi connectivity index (χ4v) is 2.37. The SMILES string of the molecule is Cc1cc(O)ccc1N=Nc1ccc(Nc2ccccc2[N+](=O)[O-])cc1. The molecule has 3 aromatic carbocycles. The maximum absolute atomic E-state index is 11.1. The molecule has 0 unspecified atom stereocenters. The number of para-hydroxylation sites is 2. The second kappa shape index (κ2) is 7.43. The highest BCUT2D eigenvalue weighted by atomic mass is 16.6. The number of rotatable bonds is 5. The van der Waals surface area contributed by atoms with E-state index in [4.69, 9.17) is 0 Å². The molecular weight excluding hydrogens is 332 g/mol. The summed E-state index contributed by atoms with van der Waals surface area (Å²) in [6.07, 6.45) is 0. The molecule has 0 aliphatic heterocycles. The molecule has 0 saturated heterocycles. The minimum Gasteiger partial charge on any atom is -0.508 e. The molecule has 0 fully saturated rings. The van der Waals surface area contributed by atoms with Crippen LogP contribution in [0.2, 0.25) is 0 Å². The van der Waals surface area contributed by atoms with Crippen molar-refractivity contribution < 1.29 is 10.0 Å². The van der Waals surface area contributed by atoms with Crippen LogP contribution in [-0.4, -0.2) is 10.0 Å². The van der Waals surface area contributed by atoms with Gasteiger partial charge in [0.15, 0.2) is 0 Å². The third kappa shape index (κ3) is 4.02. The number of nitro benzene ring substituents is 1. The summed E-state index contributed by atoms with van der Waals surface area (Å²) in [5, 5.41) is 31.8. The first-order valence-electron chi connectivity index (χ1n) is 7.85. The van der Waals surface area contributed by atoms with Crippen LogP contribution in [0.25, 0.3) is 0 Å². The van der Waals surface area contributed by atoms with Crippen molar-refractivity contribution in [1.82, 2.24) is 0 Å². The van der Waals surface area contributed by atoms with Crippen molar-refractivity contribution >= 4 is 28.4 Å². The number of aromatic hydroxyl groups is 1. The number of phenols is 1. The molecule has 0 aliphatic carbocycles. The fraction of sp³-hybridized carbons (Fsp3) is 0.0526. The molecule has 2 N–H and O–H groups in total. The van der Waals surface area contributed by atoms with E-state index in [-0.39, 0.29) is 11.4 Å². The number of hydrogen-bond donors (Lipinski definition) is 2. The van der Waals surface area contributed by atoms with Gasteiger partial charge in [-0.05, 0) is 61.0 Å². The lowest BCUT2D eigenvalue weighted by Gasteiger charge is -2.07. The Morgan fingerprint density at radius 3 is 2.42 bits per heavy atom. The number of nitrogens with zero attached hydrogens (tertiary/aromatic N) is 3. The van der Waals surface area contributed by atoms with Crippen LogP contribution >= 0.6 is 0 Å². The lowest BCUT2D eigenvalue weighted by molar-refractivity contribution is -0.383. The van der Waals surface area contributed by atoms with Crippen LogP contribution in [0.3, 0.4) is 0 Å². The summed E-state index contributed by atoms with van der Waals surface area (Å²) < 4.78 is 0. The van der Waals surface area contributed by atoms with Crippen LogP contribution in [-0.2, 0) is 0 Å². The molecule has 0 atom stereocenters. The van der Waals surface area contributed by atoms with E-state index in [1.54, 1.807) is 60.7 Å². The summed E-state index contributed by atoms with van der Waals surface area (Å²) in [6, 6.07) is 18.4. The summed E-state index contributed by atoms with van der Waals surface area (Å²) in [4.78, 5) is 10.6. The Hall–Kier alpha value is -3.74. The minimum atomic E-state index is -0.426. The Balaban J connectivity index is 1.75. The number of azo groups is 1. The topological polar surface area (TPSA) is 100 Å². The molecule has 26 heavy (non-hydrogen) atoms. The summed E-state index contributed by atoms with van der Waals surface area (Å²) in [6.45, 7) is 1.84. The van der Waals surface area contributed by atoms with Gasteiger partial charge >= 0.3 is 0 Å². The summed E-state index contributed by atoms with van der Waals surface area (Å²) >= 11 is 0. The van der Waals surface area contributed by atoms with E-state index in [0.29, 0.717) is 22.7 Å². The highest BCUT2D eigenvalue weighted by Crippen LogP contribution is 2.29. The highest BCUT2D eigenvalue weighted by molar-refractivity contribution is 5.70. The number of nitrogens with one attached hydrogen (secondary N) is 1. The van der Waals surface area contributed by atoms with Crippen molar-refractivity contribution in [2.45, 2.75) is 6.92 Å². The Bertz CT molecular complexity index is 969. The predicted octanol–water partition coefficient (Wildman–Crippen LogP) is 5.77. The van der Waals surface area contributed by atoms with Crippen LogP contribution in [0.5, 0.6) is 5.75 Å². The number of hydrogen-bond acceptors (Lipinski definition) is 6. The van der Waals surface area contributed by atoms with E-state index >= 15 is 0 Å². The Labute approximate surface area is 149 Å². The summed E-state index contributed by atoms with van der Waals surface area (Å²) in [7, 11) is 0. The molecular formula is C19H16N4O3. The molecule has 0 amide bonds. The van der Waals surface area contributed by atoms with Gasteiger partial charge < -0.3 is 10.4 Å². The van der Waals surface area contributed by atoms with Gasteiger partial charge in [0.2, 0.25) is 0 Å². The van der Waals surface area contributed by atoms with E-state index in [9.17, 15) is 15.2 Å². The van der Waals surface area contributed by atoms with Gasteiger partial charge in [-0.15, -0.1) is 0 Å². The molecule has 0 aromatic heterocycles. The number of phenolic OH excluding ortho intramolecular Hbond substituents is 1. The molecule has 0 radical (unpaired) electrons. The number of aryl methyl sites for hydroxylation is 1. The van der Waals surface area contributed by atoms with Crippen molar-refractivity contribution in [3.8, 4) is 5.75 Å². The fourth-order valence-electron chi connectivity index (χ4n) is 2.37. The van der Waals surface area contributed by atoms with Crippen LogP contribution in [0.15, 0.2) is 77.0 Å². The largest absolute Gasteiger partial charge is 0.508 e. The van der Waals surface area contributed by atoms with Crippen LogP contribution < -0.4 is 5.32 Å². The van der Waals surface area contributed by atoms with Crippen molar-refractivity contribution in [2.24, 2.45) is 10.2 Å². The number of anilines is 2. The zero-order valence-electron chi connectivity index (χ0n) is 14.0. The molecule has 0 bridgehead atoms. The van der Waals surface area contributed by atoms with Crippen LogP contribution in [0, 0.1) is 17.0 Å². The first-order chi connectivity index (χ1) is 12.5. The molecule has 0 saturated carbocycles. The average molecular weight is 348 g/mol. The molecule has 3 aromatic rings. The van der Waals surface area contributed by atoms with Gasteiger partial charge in [0.25, 0.3) is 5.69 Å². The second-order valence-corrected chi connectivity index (χ2v) is 5.62. The smallest absolute Gasteiger partial charge is 0.292 e. The summed E-state index contributed by atoms with van der Waals surface area (Å²) in [5.74, 6) is 0.187. The van der Waals surface area contributed by atoms with E-state index in [2.05, 4.69) is 15.5 Å². The maximum Gasteiger partial charge on any atom is 0.292 e. The average Bonchev–Trinajstić information content (AvgIpc) is 2.62. The normalized spacial score (nSPS) is 10.8. The molecule has 130 valence electrons. The minimum absolute atomic E-state index is 0.0130. The Kier molecular flexibility index (Phi) is 4.89. The molecule has 0 aliphatic rings. The number of nitro groups is 1. The van der Waals surface area contributed by atoms with Gasteiger partial charge in [-0.25, -0.2) is 0 Å². The van der Waals surface area contributed by atoms with Gasteiger partial charge in [-0.2, -0.15) is 10.2 Å². The first-order valence-corrected chi connectivity index (χ1v) is 7.85. The van der Waals surface area contributed by atoms with Gasteiger partial charge in [-0.1, -0.05) is 12.1 Å². The van der Waals surface area contributed by atoms with Crippen molar-refractivity contribution in [3.05, 3.63) is 82.4 Å². The van der Waals surface area contributed by atoms with E-state index in [0.717, 1.165) is 5.56 Å².